The number of carbonyl (C=O) groups excluding carboxylic acids is 3. The average molecular weight is 520 g/mol. The summed E-state index contributed by atoms with van der Waals surface area (Å²) in [7, 11) is 0. The predicted octanol–water partition coefficient (Wildman–Crippen LogP) is 4.41. The van der Waals surface area contributed by atoms with E-state index in [1.165, 1.54) is 0 Å². The van der Waals surface area contributed by atoms with Crippen molar-refractivity contribution in [2.24, 2.45) is 17.3 Å². The minimum Gasteiger partial charge on any atom is -0.493 e. The highest BCUT2D eigenvalue weighted by molar-refractivity contribution is 5.87. The van der Waals surface area contributed by atoms with Crippen LogP contribution in [0.1, 0.15) is 57.6 Å². The lowest BCUT2D eigenvalue weighted by Gasteiger charge is -2.39. The van der Waals surface area contributed by atoms with E-state index >= 15 is 0 Å². The maximum atomic E-state index is 13.5. The number of hydrogen-bond acceptors (Lipinski definition) is 4. The van der Waals surface area contributed by atoms with Crippen molar-refractivity contribution in [3.05, 3.63) is 65.7 Å². The monoisotopic (exact) mass is 519 g/mol. The zero-order valence-electron chi connectivity index (χ0n) is 22.9. The van der Waals surface area contributed by atoms with Gasteiger partial charge in [-0.25, -0.2) is 0 Å². The molecule has 2 aliphatic heterocycles. The van der Waals surface area contributed by atoms with Crippen molar-refractivity contribution in [1.82, 2.24) is 15.1 Å². The SMILES string of the molecule is CC(C)(C)C(=O)N1CC(=O)N2CC[C@@H](CC(=O)NCc3ccccc3)[C@@H](CCCOc3ccccc3C1)C2. The molecule has 0 aromatic heterocycles. The third kappa shape index (κ3) is 7.36. The van der Waals surface area contributed by atoms with Crippen molar-refractivity contribution in [3.63, 3.8) is 0 Å². The van der Waals surface area contributed by atoms with Crippen LogP contribution in [0.15, 0.2) is 54.6 Å². The fraction of sp³-hybridized carbons (Fsp3) is 0.516. The first-order valence-electron chi connectivity index (χ1n) is 13.8. The molecule has 0 unspecified atom stereocenters. The second kappa shape index (κ2) is 12.5. The largest absolute Gasteiger partial charge is 0.493 e. The van der Waals surface area contributed by atoms with E-state index in [9.17, 15) is 14.4 Å². The van der Waals surface area contributed by atoms with Gasteiger partial charge in [0.05, 0.1) is 6.61 Å². The second-order valence-corrected chi connectivity index (χ2v) is 11.6. The lowest BCUT2D eigenvalue weighted by Crippen LogP contribution is -2.50. The number of amides is 3. The maximum absolute atomic E-state index is 13.5. The van der Waals surface area contributed by atoms with Crippen LogP contribution in [0.4, 0.5) is 0 Å². The van der Waals surface area contributed by atoms with Gasteiger partial charge < -0.3 is 19.9 Å². The Balaban J connectivity index is 1.48. The molecule has 0 aliphatic carbocycles. The summed E-state index contributed by atoms with van der Waals surface area (Å²) in [6, 6.07) is 17.7. The minimum atomic E-state index is -0.604. The second-order valence-electron chi connectivity index (χ2n) is 11.6. The van der Waals surface area contributed by atoms with E-state index in [1.807, 2.05) is 80.3 Å². The fourth-order valence-electron chi connectivity index (χ4n) is 5.46. The molecule has 3 amide bonds. The topological polar surface area (TPSA) is 79.0 Å². The van der Waals surface area contributed by atoms with E-state index in [-0.39, 0.29) is 36.1 Å². The molecule has 2 aromatic rings. The Morgan fingerprint density at radius 1 is 1.00 bits per heavy atom. The minimum absolute atomic E-state index is 0.0303. The molecule has 7 nitrogen and oxygen atoms in total. The number of rotatable bonds is 4. The molecule has 1 N–H and O–H groups in total. The van der Waals surface area contributed by atoms with Crippen molar-refractivity contribution < 1.29 is 19.1 Å². The zero-order valence-corrected chi connectivity index (χ0v) is 22.9. The van der Waals surface area contributed by atoms with E-state index in [0.717, 1.165) is 36.1 Å². The number of fused-ring (bicyclic) bond motifs is 3. The summed E-state index contributed by atoms with van der Waals surface area (Å²) in [6.45, 7) is 8.32. The van der Waals surface area contributed by atoms with Gasteiger partial charge in [-0.3, -0.25) is 14.4 Å². The van der Waals surface area contributed by atoms with Crippen LogP contribution in [0.5, 0.6) is 5.75 Å². The fourth-order valence-corrected chi connectivity index (χ4v) is 5.46. The molecule has 2 atom stereocenters. The van der Waals surface area contributed by atoms with E-state index in [0.29, 0.717) is 39.2 Å². The number of para-hydroxylation sites is 1. The number of piperidine rings is 1. The van der Waals surface area contributed by atoms with E-state index in [4.69, 9.17) is 4.74 Å². The van der Waals surface area contributed by atoms with Crippen LogP contribution in [0.25, 0.3) is 0 Å². The molecule has 0 spiro atoms. The summed E-state index contributed by atoms with van der Waals surface area (Å²) in [5.41, 5.74) is 1.38. The van der Waals surface area contributed by atoms with Crippen LogP contribution in [0.2, 0.25) is 0 Å². The normalized spacial score (nSPS) is 20.8. The van der Waals surface area contributed by atoms with Crippen LogP contribution in [-0.2, 0) is 27.5 Å². The van der Waals surface area contributed by atoms with Gasteiger partial charge in [-0.15, -0.1) is 0 Å². The lowest BCUT2D eigenvalue weighted by atomic mass is 9.80. The Morgan fingerprint density at radius 2 is 1.74 bits per heavy atom. The standard InChI is InChI=1S/C31H41N3O4/c1-31(2,3)30(37)34-21-26-12-7-8-14-27(26)38-17-9-13-25-20-33(29(36)22-34)16-15-24(25)18-28(35)32-19-23-10-5-4-6-11-23/h4-8,10-12,14,24-25H,9,13,15-22H2,1-3H3,(H,32,35)/t24-,25-/m0/s1. The highest BCUT2D eigenvalue weighted by Crippen LogP contribution is 2.32. The highest BCUT2D eigenvalue weighted by Gasteiger charge is 2.35. The highest BCUT2D eigenvalue weighted by atomic mass is 16.5. The lowest BCUT2D eigenvalue weighted by molar-refractivity contribution is -0.147. The van der Waals surface area contributed by atoms with Crippen LogP contribution < -0.4 is 10.1 Å². The van der Waals surface area contributed by atoms with Crippen molar-refractivity contribution in [2.45, 2.75) is 59.5 Å². The van der Waals surface area contributed by atoms with Crippen LogP contribution in [0, 0.1) is 17.3 Å². The first-order valence-corrected chi connectivity index (χ1v) is 13.8. The van der Waals surface area contributed by atoms with Gasteiger partial charge in [0.2, 0.25) is 17.7 Å². The molecule has 1 saturated heterocycles. The van der Waals surface area contributed by atoms with E-state index in [1.54, 1.807) is 4.90 Å². The van der Waals surface area contributed by atoms with E-state index < -0.39 is 5.41 Å². The van der Waals surface area contributed by atoms with Gasteiger partial charge in [0.15, 0.2) is 0 Å². The van der Waals surface area contributed by atoms with Gasteiger partial charge in [-0.2, -0.15) is 0 Å². The smallest absolute Gasteiger partial charge is 0.242 e. The number of carbonyl (C=O) groups is 3. The Kier molecular flexibility index (Phi) is 9.08. The van der Waals surface area contributed by atoms with Crippen LogP contribution >= 0.6 is 0 Å². The summed E-state index contributed by atoms with van der Waals surface area (Å²) in [5, 5.41) is 3.06. The third-order valence-electron chi connectivity index (χ3n) is 7.59. The first kappa shape index (κ1) is 27.7. The molecule has 7 heteroatoms. The van der Waals surface area contributed by atoms with Crippen molar-refractivity contribution >= 4 is 17.7 Å². The average Bonchev–Trinajstić information content (AvgIpc) is 2.91. The number of nitrogens with zero attached hydrogens (tertiary/aromatic N) is 2. The Morgan fingerprint density at radius 3 is 2.50 bits per heavy atom. The number of hydrogen-bond donors (Lipinski definition) is 1. The Bertz CT molecular complexity index is 1110. The quantitative estimate of drug-likeness (QED) is 0.649. The first-order chi connectivity index (χ1) is 18.2. The van der Waals surface area contributed by atoms with Crippen LogP contribution in [-0.4, -0.2) is 53.8 Å². The van der Waals surface area contributed by atoms with Crippen molar-refractivity contribution in [1.29, 1.82) is 0 Å². The van der Waals surface area contributed by atoms with Gasteiger partial charge >= 0.3 is 0 Å². The summed E-state index contributed by atoms with van der Waals surface area (Å²) in [5.74, 6) is 1.13. The Labute approximate surface area is 226 Å². The molecule has 0 radical (unpaired) electrons. The van der Waals surface area contributed by atoms with Crippen molar-refractivity contribution in [2.75, 3.05) is 26.2 Å². The molecule has 2 bridgehead atoms. The molecular weight excluding hydrogens is 478 g/mol. The third-order valence-corrected chi connectivity index (χ3v) is 7.59. The molecule has 4 rings (SSSR count). The molecule has 2 aliphatic rings. The molecule has 1 fully saturated rings. The van der Waals surface area contributed by atoms with Gasteiger partial charge in [0, 0.05) is 43.6 Å². The number of ether oxygens (including phenoxy) is 1. The molecular formula is C31H41N3O4. The summed E-state index contributed by atoms with van der Waals surface area (Å²) < 4.78 is 6.17. The number of nitrogens with one attached hydrogen (secondary N) is 1. The maximum Gasteiger partial charge on any atom is 0.242 e. The summed E-state index contributed by atoms with van der Waals surface area (Å²) in [6.07, 6.45) is 2.96. The molecule has 204 valence electrons. The molecule has 38 heavy (non-hydrogen) atoms. The molecule has 0 saturated carbocycles. The van der Waals surface area contributed by atoms with Crippen molar-refractivity contribution in [3.8, 4) is 5.75 Å². The molecule has 2 heterocycles. The van der Waals surface area contributed by atoms with Gasteiger partial charge in [-0.05, 0) is 42.7 Å². The zero-order chi connectivity index (χ0) is 27.1. The molecule has 2 aromatic carbocycles. The van der Waals surface area contributed by atoms with E-state index in [2.05, 4.69) is 5.32 Å². The van der Waals surface area contributed by atoms with Gasteiger partial charge in [0.1, 0.15) is 12.3 Å². The predicted molar refractivity (Wildman–Crippen MR) is 147 cm³/mol. The summed E-state index contributed by atoms with van der Waals surface area (Å²) >= 11 is 0. The summed E-state index contributed by atoms with van der Waals surface area (Å²) in [4.78, 5) is 43.2. The van der Waals surface area contributed by atoms with Crippen LogP contribution in [0.3, 0.4) is 0 Å². The Hall–Kier alpha value is -3.35. The van der Waals surface area contributed by atoms with Gasteiger partial charge in [-0.1, -0.05) is 69.3 Å². The number of benzene rings is 2. The van der Waals surface area contributed by atoms with Gasteiger partial charge in [0.25, 0.3) is 0 Å².